The molecule has 0 fully saturated rings. The Hall–Kier alpha value is -0.480. The molecule has 0 saturated heterocycles. The number of halogens is 1. The third-order valence-electron chi connectivity index (χ3n) is 2.96. The van der Waals surface area contributed by atoms with Gasteiger partial charge in [0.15, 0.2) is 5.78 Å². The Kier molecular flexibility index (Phi) is 3.83. The molecular weight excluding hydrogens is 300 g/mol. The largest absolute Gasteiger partial charge is 0.496 e. The van der Waals surface area contributed by atoms with Crippen LogP contribution in [-0.4, -0.2) is 18.1 Å². The Morgan fingerprint density at radius 3 is 2.76 bits per heavy atom. The number of thioether (sulfide) groups is 1. The zero-order chi connectivity index (χ0) is 12.6. The summed E-state index contributed by atoms with van der Waals surface area (Å²) in [6.45, 7) is 4.18. The molecule has 1 unspecified atom stereocenters. The van der Waals surface area contributed by atoms with Crippen molar-refractivity contribution in [2.24, 2.45) is 5.92 Å². The molecule has 2 nitrogen and oxygen atoms in total. The molecule has 0 saturated carbocycles. The van der Waals surface area contributed by atoms with E-state index < -0.39 is 0 Å². The van der Waals surface area contributed by atoms with Crippen LogP contribution in [0, 0.1) is 5.92 Å². The fourth-order valence-electron chi connectivity index (χ4n) is 2.09. The summed E-state index contributed by atoms with van der Waals surface area (Å²) < 4.78 is 6.20. The quantitative estimate of drug-likeness (QED) is 0.827. The minimum Gasteiger partial charge on any atom is -0.496 e. The molecule has 1 atom stereocenters. The van der Waals surface area contributed by atoms with Gasteiger partial charge in [-0.1, -0.05) is 29.8 Å². The van der Waals surface area contributed by atoms with Crippen LogP contribution in [0.4, 0.5) is 0 Å². The molecule has 1 aliphatic rings. The summed E-state index contributed by atoms with van der Waals surface area (Å²) in [6, 6.07) is 3.80. The molecule has 0 aliphatic carbocycles. The molecule has 0 aromatic heterocycles. The molecule has 1 aromatic rings. The Labute approximate surface area is 114 Å². The fourth-order valence-corrected chi connectivity index (χ4v) is 3.94. The molecule has 17 heavy (non-hydrogen) atoms. The van der Waals surface area contributed by atoms with Crippen LogP contribution in [-0.2, 0) is 5.75 Å². The number of methoxy groups -OCH3 is 1. The summed E-state index contributed by atoms with van der Waals surface area (Å²) in [4.78, 5) is 12.4. The van der Waals surface area contributed by atoms with E-state index >= 15 is 0 Å². The molecular formula is C13H15BrO2S. The van der Waals surface area contributed by atoms with E-state index in [4.69, 9.17) is 4.74 Å². The van der Waals surface area contributed by atoms with Crippen molar-refractivity contribution in [3.05, 3.63) is 27.7 Å². The molecule has 0 amide bonds. The van der Waals surface area contributed by atoms with E-state index in [-0.39, 0.29) is 11.0 Å². The standard InChI is InChI=1S/C13H15BrO2S/c1-7(2)13-12(15)11-8(6-17-13)10(16-3)5-4-9(11)14/h4-5,7,13H,6H2,1-3H3. The monoisotopic (exact) mass is 314 g/mol. The highest BCUT2D eigenvalue weighted by atomic mass is 79.9. The Bertz CT molecular complexity index is 457. The number of benzene rings is 1. The summed E-state index contributed by atoms with van der Waals surface area (Å²) in [6.07, 6.45) is 0. The molecule has 92 valence electrons. The number of ether oxygens (including phenoxy) is 1. The molecule has 0 bridgehead atoms. The normalized spacial score (nSPS) is 19.4. The summed E-state index contributed by atoms with van der Waals surface area (Å²) >= 11 is 5.19. The smallest absolute Gasteiger partial charge is 0.177 e. The van der Waals surface area contributed by atoms with Gasteiger partial charge in [-0.2, -0.15) is 0 Å². The van der Waals surface area contributed by atoms with E-state index in [1.165, 1.54) is 0 Å². The molecule has 0 radical (unpaired) electrons. The highest BCUT2D eigenvalue weighted by Crippen LogP contribution is 2.41. The number of carbonyl (C=O) groups excluding carboxylic acids is 1. The second-order valence-corrected chi connectivity index (χ2v) is 6.43. The highest BCUT2D eigenvalue weighted by molar-refractivity contribution is 9.10. The van der Waals surface area contributed by atoms with Crippen molar-refractivity contribution in [2.45, 2.75) is 24.9 Å². The first-order chi connectivity index (χ1) is 8.06. The molecule has 0 spiro atoms. The highest BCUT2D eigenvalue weighted by Gasteiger charge is 2.33. The van der Waals surface area contributed by atoms with E-state index in [1.54, 1.807) is 18.9 Å². The van der Waals surface area contributed by atoms with Gasteiger partial charge < -0.3 is 4.74 Å². The second-order valence-electron chi connectivity index (χ2n) is 4.44. The molecule has 1 aromatic carbocycles. The summed E-state index contributed by atoms with van der Waals surface area (Å²) in [5.41, 5.74) is 1.83. The van der Waals surface area contributed by atoms with Crippen molar-refractivity contribution in [1.82, 2.24) is 0 Å². The third kappa shape index (κ3) is 2.25. The summed E-state index contributed by atoms with van der Waals surface area (Å²) in [5, 5.41) is 0.0610. The maximum absolute atomic E-state index is 12.4. The van der Waals surface area contributed by atoms with Gasteiger partial charge in [0.2, 0.25) is 0 Å². The van der Waals surface area contributed by atoms with Gasteiger partial charge in [-0.15, -0.1) is 11.8 Å². The SMILES string of the molecule is COc1ccc(Br)c2c1CSC(C(C)C)C2=O. The number of carbonyl (C=O) groups is 1. The summed E-state index contributed by atoms with van der Waals surface area (Å²) in [5.74, 6) is 2.23. The van der Waals surface area contributed by atoms with E-state index in [0.29, 0.717) is 5.92 Å². The van der Waals surface area contributed by atoms with E-state index in [1.807, 2.05) is 12.1 Å². The number of hydrogen-bond donors (Lipinski definition) is 0. The van der Waals surface area contributed by atoms with E-state index in [9.17, 15) is 4.79 Å². The number of hydrogen-bond acceptors (Lipinski definition) is 3. The van der Waals surface area contributed by atoms with Gasteiger partial charge in [0.05, 0.1) is 12.4 Å². The Morgan fingerprint density at radius 1 is 1.47 bits per heavy atom. The van der Waals surface area contributed by atoms with E-state index in [2.05, 4.69) is 29.8 Å². The van der Waals surface area contributed by atoms with Crippen LogP contribution in [0.3, 0.4) is 0 Å². The lowest BCUT2D eigenvalue weighted by Gasteiger charge is -2.27. The Morgan fingerprint density at radius 2 is 2.18 bits per heavy atom. The first-order valence-electron chi connectivity index (χ1n) is 5.57. The van der Waals surface area contributed by atoms with Crippen LogP contribution in [0.5, 0.6) is 5.75 Å². The number of fused-ring (bicyclic) bond motifs is 1. The van der Waals surface area contributed by atoms with Crippen LogP contribution < -0.4 is 4.74 Å². The van der Waals surface area contributed by atoms with Crippen LogP contribution in [0.15, 0.2) is 16.6 Å². The van der Waals surface area contributed by atoms with Crippen molar-refractivity contribution >= 4 is 33.5 Å². The third-order valence-corrected chi connectivity index (χ3v) is 5.19. The lowest BCUT2D eigenvalue weighted by Crippen LogP contribution is -2.28. The number of rotatable bonds is 2. The summed E-state index contributed by atoms with van der Waals surface area (Å²) in [7, 11) is 1.65. The van der Waals surface area contributed by atoms with Crippen LogP contribution in [0.25, 0.3) is 0 Å². The van der Waals surface area contributed by atoms with Gasteiger partial charge in [-0.3, -0.25) is 4.79 Å². The van der Waals surface area contributed by atoms with E-state index in [0.717, 1.165) is 27.1 Å². The van der Waals surface area contributed by atoms with Gasteiger partial charge in [-0.25, -0.2) is 0 Å². The lowest BCUT2D eigenvalue weighted by atomic mass is 9.96. The first kappa shape index (κ1) is 13.0. The first-order valence-corrected chi connectivity index (χ1v) is 7.41. The zero-order valence-corrected chi connectivity index (χ0v) is 12.5. The molecule has 2 rings (SSSR count). The van der Waals surface area contributed by atoms with Crippen LogP contribution in [0.2, 0.25) is 0 Å². The predicted octanol–water partition coefficient (Wildman–Crippen LogP) is 3.91. The predicted molar refractivity (Wildman–Crippen MR) is 74.9 cm³/mol. The molecule has 4 heteroatoms. The van der Waals surface area contributed by atoms with Crippen molar-refractivity contribution in [2.75, 3.05) is 7.11 Å². The molecule has 1 heterocycles. The zero-order valence-electron chi connectivity index (χ0n) is 10.1. The van der Waals surface area contributed by atoms with Gasteiger partial charge in [0, 0.05) is 21.4 Å². The fraction of sp³-hybridized carbons (Fsp3) is 0.462. The average molecular weight is 315 g/mol. The van der Waals surface area contributed by atoms with Crippen molar-refractivity contribution < 1.29 is 9.53 Å². The number of ketones is 1. The van der Waals surface area contributed by atoms with Gasteiger partial charge >= 0.3 is 0 Å². The molecule has 0 N–H and O–H groups in total. The second kappa shape index (κ2) is 5.02. The lowest BCUT2D eigenvalue weighted by molar-refractivity contribution is 0.0971. The molecule has 1 aliphatic heterocycles. The number of Topliss-reactive ketones (excluding diaryl/α,β-unsaturated/α-hetero) is 1. The van der Waals surface area contributed by atoms with Gasteiger partial charge in [0.25, 0.3) is 0 Å². The van der Waals surface area contributed by atoms with Crippen molar-refractivity contribution in [3.8, 4) is 5.75 Å². The Balaban J connectivity index is 2.52. The average Bonchev–Trinajstić information content (AvgIpc) is 2.29. The maximum Gasteiger partial charge on any atom is 0.177 e. The van der Waals surface area contributed by atoms with Gasteiger partial charge in [-0.05, 0) is 18.1 Å². The van der Waals surface area contributed by atoms with Gasteiger partial charge in [0.1, 0.15) is 5.75 Å². The minimum atomic E-state index is 0.0610. The van der Waals surface area contributed by atoms with Crippen LogP contribution in [0.1, 0.15) is 29.8 Å². The maximum atomic E-state index is 12.4. The minimum absolute atomic E-state index is 0.0610. The topological polar surface area (TPSA) is 26.3 Å². The van der Waals surface area contributed by atoms with Crippen LogP contribution >= 0.6 is 27.7 Å². The van der Waals surface area contributed by atoms with Crippen molar-refractivity contribution in [1.29, 1.82) is 0 Å². The van der Waals surface area contributed by atoms with Crippen molar-refractivity contribution in [3.63, 3.8) is 0 Å².